The molecule has 1 N–H and O–H groups in total. The lowest BCUT2D eigenvalue weighted by Crippen LogP contribution is -2.44. The average molecular weight is 501 g/mol. The van der Waals surface area contributed by atoms with E-state index in [2.05, 4.69) is 41.4 Å². The summed E-state index contributed by atoms with van der Waals surface area (Å²) in [4.78, 5) is 35.6. The Morgan fingerprint density at radius 1 is 0.946 bits per heavy atom. The van der Waals surface area contributed by atoms with Crippen LogP contribution in [0.1, 0.15) is 35.5 Å². The topological polar surface area (TPSA) is 72.8 Å². The fourth-order valence-electron chi connectivity index (χ4n) is 4.49. The minimum absolute atomic E-state index is 0.00137. The van der Waals surface area contributed by atoms with E-state index in [9.17, 15) is 9.59 Å². The highest BCUT2D eigenvalue weighted by Crippen LogP contribution is 2.20. The Hall–Kier alpha value is -4.00. The first-order valence-electron chi connectivity index (χ1n) is 12.7. The van der Waals surface area contributed by atoms with Gasteiger partial charge in [0.2, 0.25) is 5.91 Å². The zero-order valence-electron chi connectivity index (χ0n) is 22.1. The third-order valence-electron chi connectivity index (χ3n) is 6.44. The highest BCUT2D eigenvalue weighted by molar-refractivity contribution is 5.94. The van der Waals surface area contributed by atoms with Crippen LogP contribution in [0.2, 0.25) is 0 Å². The molecule has 2 aromatic heterocycles. The minimum Gasteiger partial charge on any atom is -0.459 e. The first kappa shape index (κ1) is 26.1. The summed E-state index contributed by atoms with van der Waals surface area (Å²) in [7, 11) is 4.01. The third kappa shape index (κ3) is 6.61. The predicted octanol–water partition coefficient (Wildman–Crippen LogP) is 5.20. The second-order valence-corrected chi connectivity index (χ2v) is 10.0. The van der Waals surface area contributed by atoms with E-state index < -0.39 is 0 Å². The van der Waals surface area contributed by atoms with Crippen LogP contribution in [0.25, 0.3) is 10.9 Å². The summed E-state index contributed by atoms with van der Waals surface area (Å²) in [5.74, 6) is 0.110. The summed E-state index contributed by atoms with van der Waals surface area (Å²) in [6, 6.07) is 19.7. The molecule has 0 aliphatic rings. The van der Waals surface area contributed by atoms with Gasteiger partial charge in [-0.15, -0.1) is 0 Å². The Balaban J connectivity index is 1.54. The van der Waals surface area contributed by atoms with Crippen molar-refractivity contribution < 1.29 is 14.0 Å². The van der Waals surface area contributed by atoms with Gasteiger partial charge < -0.3 is 24.1 Å². The van der Waals surface area contributed by atoms with Gasteiger partial charge in [-0.05, 0) is 53.8 Å². The minimum atomic E-state index is -0.265. The first-order valence-corrected chi connectivity index (χ1v) is 12.7. The number of carbonyl (C=O) groups is 2. The molecule has 0 saturated heterocycles. The molecule has 2 aromatic carbocycles. The molecule has 0 fully saturated rings. The van der Waals surface area contributed by atoms with Crippen LogP contribution in [-0.2, 0) is 17.8 Å². The van der Waals surface area contributed by atoms with Crippen molar-refractivity contribution in [3.63, 3.8) is 0 Å². The van der Waals surface area contributed by atoms with Crippen molar-refractivity contribution >= 4 is 28.4 Å². The third-order valence-corrected chi connectivity index (χ3v) is 6.44. The molecule has 0 atom stereocenters. The SMILES string of the molecule is CC(C)CN(CC(=O)N(CCc1c[nH]c2ccccc12)Cc1ccc(N(C)C)cc1)C(=O)c1ccco1. The number of carbonyl (C=O) groups excluding carboxylic acids is 2. The van der Waals surface area contributed by atoms with Crippen LogP contribution in [0.5, 0.6) is 0 Å². The van der Waals surface area contributed by atoms with Gasteiger partial charge in [-0.2, -0.15) is 0 Å². The molecular weight excluding hydrogens is 464 g/mol. The zero-order chi connectivity index (χ0) is 26.4. The number of anilines is 1. The standard InChI is InChI=1S/C30H36N4O3/c1-22(2)19-34(30(36)28-10-7-17-37-28)21-29(35)33(20-23-11-13-25(14-12-23)32(3)4)16-15-24-18-31-27-9-6-5-8-26(24)27/h5-14,17-18,22,31H,15-16,19-21H2,1-4H3. The largest absolute Gasteiger partial charge is 0.459 e. The molecule has 0 radical (unpaired) electrons. The molecular formula is C30H36N4O3. The van der Waals surface area contributed by atoms with Crippen LogP contribution in [0.3, 0.4) is 0 Å². The van der Waals surface area contributed by atoms with Gasteiger partial charge in [-0.25, -0.2) is 0 Å². The van der Waals surface area contributed by atoms with Crippen LogP contribution < -0.4 is 4.90 Å². The fourth-order valence-corrected chi connectivity index (χ4v) is 4.49. The van der Waals surface area contributed by atoms with Gasteiger partial charge in [0.05, 0.1) is 6.26 Å². The molecule has 0 saturated carbocycles. The van der Waals surface area contributed by atoms with Gasteiger partial charge in [0, 0.05) is 56.5 Å². The van der Waals surface area contributed by atoms with Gasteiger partial charge in [0.1, 0.15) is 6.54 Å². The monoisotopic (exact) mass is 500 g/mol. The van der Waals surface area contributed by atoms with Gasteiger partial charge >= 0.3 is 0 Å². The number of rotatable bonds is 11. The molecule has 0 aliphatic carbocycles. The summed E-state index contributed by atoms with van der Waals surface area (Å²) < 4.78 is 5.34. The van der Waals surface area contributed by atoms with E-state index in [-0.39, 0.29) is 30.0 Å². The van der Waals surface area contributed by atoms with Gasteiger partial charge in [-0.1, -0.05) is 44.2 Å². The van der Waals surface area contributed by atoms with E-state index in [4.69, 9.17) is 4.42 Å². The Labute approximate surface area is 218 Å². The van der Waals surface area contributed by atoms with Crippen molar-refractivity contribution in [2.24, 2.45) is 5.92 Å². The van der Waals surface area contributed by atoms with Crippen LogP contribution in [-0.4, -0.2) is 60.3 Å². The summed E-state index contributed by atoms with van der Waals surface area (Å²) in [6.07, 6.45) is 4.21. The number of aromatic nitrogens is 1. The summed E-state index contributed by atoms with van der Waals surface area (Å²) >= 11 is 0. The molecule has 2 heterocycles. The van der Waals surface area contributed by atoms with Crippen LogP contribution in [0.15, 0.2) is 77.5 Å². The molecule has 37 heavy (non-hydrogen) atoms. The lowest BCUT2D eigenvalue weighted by Gasteiger charge is -2.28. The van der Waals surface area contributed by atoms with Crippen LogP contribution in [0, 0.1) is 5.92 Å². The number of nitrogens with zero attached hydrogens (tertiary/aromatic N) is 3. The first-order chi connectivity index (χ1) is 17.8. The molecule has 0 bridgehead atoms. The highest BCUT2D eigenvalue weighted by Gasteiger charge is 2.25. The number of furan rings is 1. The number of benzene rings is 2. The number of nitrogens with one attached hydrogen (secondary N) is 1. The summed E-state index contributed by atoms with van der Waals surface area (Å²) in [5.41, 5.74) is 4.40. The Kier molecular flexibility index (Phi) is 8.33. The maximum absolute atomic E-state index is 13.7. The predicted molar refractivity (Wildman–Crippen MR) is 148 cm³/mol. The Morgan fingerprint density at radius 2 is 1.70 bits per heavy atom. The Morgan fingerprint density at radius 3 is 2.38 bits per heavy atom. The summed E-state index contributed by atoms with van der Waals surface area (Å²) in [6.45, 7) is 5.56. The van der Waals surface area contributed by atoms with Crippen molar-refractivity contribution in [3.05, 3.63) is 90.0 Å². The number of amides is 2. The number of hydrogen-bond acceptors (Lipinski definition) is 4. The van der Waals surface area contributed by atoms with Gasteiger partial charge in [0.25, 0.3) is 5.91 Å². The number of hydrogen-bond donors (Lipinski definition) is 1. The smallest absolute Gasteiger partial charge is 0.290 e. The average Bonchev–Trinajstić information content (AvgIpc) is 3.56. The van der Waals surface area contributed by atoms with Crippen LogP contribution >= 0.6 is 0 Å². The normalized spacial score (nSPS) is 11.2. The van der Waals surface area contributed by atoms with Crippen molar-refractivity contribution in [2.45, 2.75) is 26.8 Å². The van der Waals surface area contributed by atoms with Crippen molar-refractivity contribution in [1.29, 1.82) is 0 Å². The Bertz CT molecular complexity index is 1310. The van der Waals surface area contributed by atoms with Crippen LogP contribution in [0.4, 0.5) is 5.69 Å². The lowest BCUT2D eigenvalue weighted by molar-refractivity contribution is -0.132. The summed E-state index contributed by atoms with van der Waals surface area (Å²) in [5, 5.41) is 1.17. The maximum atomic E-state index is 13.7. The number of fused-ring (bicyclic) bond motifs is 1. The van der Waals surface area contributed by atoms with E-state index in [0.717, 1.165) is 16.8 Å². The highest BCUT2D eigenvalue weighted by atomic mass is 16.3. The van der Waals surface area contributed by atoms with E-state index >= 15 is 0 Å². The molecule has 7 nitrogen and oxygen atoms in total. The van der Waals surface area contributed by atoms with Gasteiger partial charge in [0.15, 0.2) is 5.76 Å². The van der Waals surface area contributed by atoms with Crippen molar-refractivity contribution in [3.8, 4) is 0 Å². The molecule has 194 valence electrons. The second-order valence-electron chi connectivity index (χ2n) is 10.0. The van der Waals surface area contributed by atoms with Crippen molar-refractivity contribution in [2.75, 3.05) is 38.6 Å². The van der Waals surface area contributed by atoms with Crippen molar-refractivity contribution in [1.82, 2.24) is 14.8 Å². The molecule has 4 rings (SSSR count). The zero-order valence-corrected chi connectivity index (χ0v) is 22.1. The molecule has 2 amide bonds. The molecule has 0 aliphatic heterocycles. The van der Waals surface area contributed by atoms with E-state index in [1.165, 1.54) is 17.2 Å². The quantitative estimate of drug-likeness (QED) is 0.307. The second kappa shape index (κ2) is 11.8. The van der Waals surface area contributed by atoms with E-state index in [1.807, 2.05) is 56.1 Å². The number of para-hydroxylation sites is 1. The lowest BCUT2D eigenvalue weighted by atomic mass is 10.1. The maximum Gasteiger partial charge on any atom is 0.290 e. The van der Waals surface area contributed by atoms with Gasteiger partial charge in [-0.3, -0.25) is 9.59 Å². The molecule has 0 unspecified atom stereocenters. The number of H-pyrrole nitrogens is 1. The molecule has 4 aromatic rings. The van der Waals surface area contributed by atoms with E-state index in [1.54, 1.807) is 17.0 Å². The molecule has 7 heteroatoms. The molecule has 0 spiro atoms. The number of aromatic amines is 1. The van der Waals surface area contributed by atoms with E-state index in [0.29, 0.717) is 26.1 Å². The fraction of sp³-hybridized carbons (Fsp3) is 0.333.